The average molecular weight is 243 g/mol. The molecule has 2 N–H and O–H groups in total. The zero-order valence-corrected chi connectivity index (χ0v) is 9.21. The van der Waals surface area contributed by atoms with Crippen molar-refractivity contribution in [3.8, 4) is 0 Å². The van der Waals surface area contributed by atoms with Crippen LogP contribution in [-0.2, 0) is 6.18 Å². The van der Waals surface area contributed by atoms with E-state index in [0.29, 0.717) is 11.9 Å². The second-order valence-electron chi connectivity index (χ2n) is 4.04. The van der Waals surface area contributed by atoms with E-state index in [1.54, 1.807) is 0 Å². The zero-order chi connectivity index (χ0) is 12.6. The van der Waals surface area contributed by atoms with Gasteiger partial charge in [-0.1, -0.05) is 13.0 Å². The average Bonchev–Trinajstić information content (AvgIpc) is 2.69. The second-order valence-corrected chi connectivity index (χ2v) is 4.04. The Bertz CT molecular complexity index is 530. The van der Waals surface area contributed by atoms with Crippen molar-refractivity contribution in [3.05, 3.63) is 35.6 Å². The highest BCUT2D eigenvalue weighted by molar-refractivity contribution is 5.82. The van der Waals surface area contributed by atoms with Crippen molar-refractivity contribution in [2.45, 2.75) is 19.0 Å². The van der Waals surface area contributed by atoms with Gasteiger partial charge in [-0.25, -0.2) is 0 Å². The molecular formula is C12H12F3NO. The third kappa shape index (κ3) is 2.15. The van der Waals surface area contributed by atoms with Gasteiger partial charge in [0.05, 0.1) is 11.8 Å². The van der Waals surface area contributed by atoms with Gasteiger partial charge in [0.25, 0.3) is 0 Å². The largest absolute Gasteiger partial charge is 0.464 e. The Kier molecular flexibility index (Phi) is 2.87. The van der Waals surface area contributed by atoms with Crippen molar-refractivity contribution in [1.29, 1.82) is 0 Å². The molecule has 1 unspecified atom stereocenters. The Morgan fingerprint density at radius 3 is 2.65 bits per heavy atom. The lowest BCUT2D eigenvalue weighted by atomic mass is 10.00. The molecule has 5 heteroatoms. The molecule has 0 saturated heterocycles. The predicted molar refractivity (Wildman–Crippen MR) is 58.7 cm³/mol. The number of furan rings is 1. The summed E-state index contributed by atoms with van der Waals surface area (Å²) in [5.41, 5.74) is 5.92. The van der Waals surface area contributed by atoms with E-state index >= 15 is 0 Å². The van der Waals surface area contributed by atoms with Gasteiger partial charge in [0, 0.05) is 10.9 Å². The molecule has 2 aromatic rings. The van der Waals surface area contributed by atoms with Crippen molar-refractivity contribution in [2.75, 3.05) is 6.54 Å². The summed E-state index contributed by atoms with van der Waals surface area (Å²) < 4.78 is 42.6. The molecule has 0 aliphatic heterocycles. The Labute approximate surface area is 96.2 Å². The molecule has 0 radical (unpaired) electrons. The molecular weight excluding hydrogens is 231 g/mol. The molecule has 0 saturated carbocycles. The number of nitrogens with two attached hydrogens (primary N) is 1. The molecule has 92 valence electrons. The summed E-state index contributed by atoms with van der Waals surface area (Å²) in [6, 6.07) is 3.51. The second kappa shape index (κ2) is 4.07. The fourth-order valence-electron chi connectivity index (χ4n) is 1.73. The van der Waals surface area contributed by atoms with Crippen molar-refractivity contribution in [3.63, 3.8) is 0 Å². The third-order valence-corrected chi connectivity index (χ3v) is 2.82. The smallest absolute Gasteiger partial charge is 0.416 e. The number of rotatable bonds is 2. The van der Waals surface area contributed by atoms with E-state index in [0.717, 1.165) is 17.7 Å². The van der Waals surface area contributed by atoms with Gasteiger partial charge in [0.15, 0.2) is 0 Å². The first kappa shape index (κ1) is 12.0. The van der Waals surface area contributed by atoms with Crippen LogP contribution in [0.3, 0.4) is 0 Å². The SMILES string of the molecule is CC(CN)c1coc2cc(C(F)(F)F)ccc12. The van der Waals surface area contributed by atoms with Crippen LogP contribution in [0.5, 0.6) is 0 Å². The van der Waals surface area contributed by atoms with Crippen molar-refractivity contribution < 1.29 is 17.6 Å². The molecule has 1 atom stereocenters. The van der Waals surface area contributed by atoms with Gasteiger partial charge >= 0.3 is 6.18 Å². The Morgan fingerprint density at radius 1 is 1.35 bits per heavy atom. The summed E-state index contributed by atoms with van der Waals surface area (Å²) in [5.74, 6) is 0.0630. The maximum absolute atomic E-state index is 12.5. The Morgan fingerprint density at radius 2 is 2.06 bits per heavy atom. The van der Waals surface area contributed by atoms with E-state index < -0.39 is 11.7 Å². The number of alkyl halides is 3. The molecule has 1 aromatic carbocycles. The molecule has 0 aliphatic rings. The first-order valence-corrected chi connectivity index (χ1v) is 5.22. The lowest BCUT2D eigenvalue weighted by Gasteiger charge is -2.07. The molecule has 2 rings (SSSR count). The monoisotopic (exact) mass is 243 g/mol. The summed E-state index contributed by atoms with van der Waals surface area (Å²) in [5, 5.41) is 0.691. The number of halogens is 3. The maximum Gasteiger partial charge on any atom is 0.416 e. The summed E-state index contributed by atoms with van der Waals surface area (Å²) in [4.78, 5) is 0. The van der Waals surface area contributed by atoms with E-state index in [9.17, 15) is 13.2 Å². The Balaban J connectivity index is 2.52. The van der Waals surface area contributed by atoms with Crippen molar-refractivity contribution in [1.82, 2.24) is 0 Å². The van der Waals surface area contributed by atoms with Crippen molar-refractivity contribution in [2.24, 2.45) is 5.73 Å². The summed E-state index contributed by atoms with van der Waals surface area (Å²) in [6.45, 7) is 2.33. The van der Waals surface area contributed by atoms with Gasteiger partial charge in [-0.3, -0.25) is 0 Å². The Hall–Kier alpha value is -1.49. The summed E-state index contributed by atoms with van der Waals surface area (Å²) in [7, 11) is 0. The van der Waals surface area contributed by atoms with E-state index in [2.05, 4.69) is 0 Å². The highest BCUT2D eigenvalue weighted by atomic mass is 19.4. The summed E-state index contributed by atoms with van der Waals surface area (Å²) in [6.07, 6.45) is -2.87. The molecule has 0 amide bonds. The zero-order valence-electron chi connectivity index (χ0n) is 9.21. The van der Waals surface area contributed by atoms with E-state index in [1.165, 1.54) is 12.3 Å². The van der Waals surface area contributed by atoms with Crippen molar-refractivity contribution >= 4 is 11.0 Å². The molecule has 2 nitrogen and oxygen atoms in total. The first-order valence-electron chi connectivity index (χ1n) is 5.22. The topological polar surface area (TPSA) is 39.2 Å². The van der Waals surface area contributed by atoms with Gasteiger partial charge in [0.2, 0.25) is 0 Å². The van der Waals surface area contributed by atoms with Crippen LogP contribution in [0.15, 0.2) is 28.9 Å². The summed E-state index contributed by atoms with van der Waals surface area (Å²) >= 11 is 0. The molecule has 0 spiro atoms. The maximum atomic E-state index is 12.5. The third-order valence-electron chi connectivity index (χ3n) is 2.82. The normalized spacial score (nSPS) is 14.2. The minimum Gasteiger partial charge on any atom is -0.464 e. The van der Waals surface area contributed by atoms with Gasteiger partial charge in [0.1, 0.15) is 5.58 Å². The van der Waals surface area contributed by atoms with Crippen LogP contribution in [0, 0.1) is 0 Å². The van der Waals surface area contributed by atoms with E-state index in [-0.39, 0.29) is 11.5 Å². The lowest BCUT2D eigenvalue weighted by Crippen LogP contribution is -2.08. The molecule has 0 fully saturated rings. The predicted octanol–water partition coefficient (Wildman–Crippen LogP) is 3.51. The van der Waals surface area contributed by atoms with Crippen LogP contribution in [0.4, 0.5) is 13.2 Å². The number of benzene rings is 1. The fraction of sp³-hybridized carbons (Fsp3) is 0.333. The van der Waals surface area contributed by atoms with Gasteiger partial charge < -0.3 is 10.2 Å². The highest BCUT2D eigenvalue weighted by Gasteiger charge is 2.31. The lowest BCUT2D eigenvalue weighted by molar-refractivity contribution is -0.137. The van der Waals surface area contributed by atoms with Gasteiger partial charge in [-0.2, -0.15) is 13.2 Å². The molecule has 17 heavy (non-hydrogen) atoms. The van der Waals surface area contributed by atoms with Crippen LogP contribution in [-0.4, -0.2) is 6.54 Å². The van der Waals surface area contributed by atoms with Crippen LogP contribution in [0.1, 0.15) is 24.0 Å². The standard InChI is InChI=1S/C12H12F3NO/c1-7(5-16)10-6-17-11-4-8(12(13,14)15)2-3-9(10)11/h2-4,6-7H,5,16H2,1H3. The number of hydrogen-bond acceptors (Lipinski definition) is 2. The highest BCUT2D eigenvalue weighted by Crippen LogP contribution is 2.34. The van der Waals surface area contributed by atoms with Crippen LogP contribution < -0.4 is 5.73 Å². The van der Waals surface area contributed by atoms with Gasteiger partial charge in [-0.05, 0) is 24.6 Å². The molecule has 1 heterocycles. The van der Waals surface area contributed by atoms with Crippen LogP contribution in [0.2, 0.25) is 0 Å². The van der Waals surface area contributed by atoms with E-state index in [1.807, 2.05) is 6.92 Å². The van der Waals surface area contributed by atoms with Crippen LogP contribution >= 0.6 is 0 Å². The first-order chi connectivity index (χ1) is 7.93. The van der Waals surface area contributed by atoms with Crippen LogP contribution in [0.25, 0.3) is 11.0 Å². The van der Waals surface area contributed by atoms with E-state index in [4.69, 9.17) is 10.2 Å². The minimum absolute atomic E-state index is 0.0630. The number of hydrogen-bond donors (Lipinski definition) is 1. The number of fused-ring (bicyclic) bond motifs is 1. The molecule has 1 aromatic heterocycles. The van der Waals surface area contributed by atoms with Gasteiger partial charge in [-0.15, -0.1) is 0 Å². The molecule has 0 aliphatic carbocycles. The minimum atomic E-state index is -4.35. The quantitative estimate of drug-likeness (QED) is 0.876. The molecule has 0 bridgehead atoms. The fourth-order valence-corrected chi connectivity index (χ4v) is 1.73.